The first kappa shape index (κ1) is 12.8. The molecule has 0 spiro atoms. The van der Waals surface area contributed by atoms with E-state index in [-0.39, 0.29) is 5.91 Å². The SMILES string of the molecule is CC1CCCCC1NC(=O)CCNC(N)=O. The van der Waals surface area contributed by atoms with Gasteiger partial charge >= 0.3 is 6.03 Å². The highest BCUT2D eigenvalue weighted by Gasteiger charge is 2.22. The minimum atomic E-state index is -0.584. The molecule has 4 N–H and O–H groups in total. The average Bonchev–Trinajstić information content (AvgIpc) is 2.21. The highest BCUT2D eigenvalue weighted by Crippen LogP contribution is 2.23. The average molecular weight is 227 g/mol. The predicted molar refractivity (Wildman–Crippen MR) is 61.8 cm³/mol. The number of carbonyl (C=O) groups excluding carboxylic acids is 2. The van der Waals surface area contributed by atoms with E-state index >= 15 is 0 Å². The zero-order valence-corrected chi connectivity index (χ0v) is 9.79. The van der Waals surface area contributed by atoms with Crippen LogP contribution < -0.4 is 16.4 Å². The summed E-state index contributed by atoms with van der Waals surface area (Å²) in [5.41, 5.74) is 4.90. The summed E-state index contributed by atoms with van der Waals surface area (Å²) in [6.45, 7) is 2.48. The van der Waals surface area contributed by atoms with Gasteiger partial charge in [0.1, 0.15) is 0 Å². The molecule has 0 heterocycles. The smallest absolute Gasteiger partial charge is 0.312 e. The van der Waals surface area contributed by atoms with Gasteiger partial charge in [0, 0.05) is 19.0 Å². The lowest BCUT2D eigenvalue weighted by Crippen LogP contribution is -2.42. The van der Waals surface area contributed by atoms with Crippen LogP contribution in [0.3, 0.4) is 0 Å². The summed E-state index contributed by atoms with van der Waals surface area (Å²) in [4.78, 5) is 21.9. The van der Waals surface area contributed by atoms with Crippen LogP contribution in [0.25, 0.3) is 0 Å². The van der Waals surface area contributed by atoms with Gasteiger partial charge in [0.25, 0.3) is 0 Å². The predicted octanol–water partition coefficient (Wildman–Crippen LogP) is 0.740. The molecular weight excluding hydrogens is 206 g/mol. The Bertz CT molecular complexity index is 256. The van der Waals surface area contributed by atoms with Crippen LogP contribution in [-0.4, -0.2) is 24.5 Å². The van der Waals surface area contributed by atoms with E-state index in [0.29, 0.717) is 24.9 Å². The minimum absolute atomic E-state index is 0.00694. The van der Waals surface area contributed by atoms with Crippen molar-refractivity contribution >= 4 is 11.9 Å². The summed E-state index contributed by atoms with van der Waals surface area (Å²) >= 11 is 0. The first-order valence-corrected chi connectivity index (χ1v) is 5.92. The molecule has 0 aromatic heterocycles. The molecule has 5 nitrogen and oxygen atoms in total. The second-order valence-electron chi connectivity index (χ2n) is 4.48. The summed E-state index contributed by atoms with van der Waals surface area (Å²) in [6.07, 6.45) is 5.00. The van der Waals surface area contributed by atoms with Crippen LogP contribution in [0.2, 0.25) is 0 Å². The van der Waals surface area contributed by atoms with E-state index in [1.165, 1.54) is 19.3 Å². The Hall–Kier alpha value is -1.26. The van der Waals surface area contributed by atoms with Gasteiger partial charge in [0.05, 0.1) is 0 Å². The summed E-state index contributed by atoms with van der Waals surface area (Å²) < 4.78 is 0. The van der Waals surface area contributed by atoms with Gasteiger partial charge in [0.15, 0.2) is 0 Å². The monoisotopic (exact) mass is 227 g/mol. The molecule has 2 unspecified atom stereocenters. The molecule has 0 aromatic carbocycles. The summed E-state index contributed by atoms with van der Waals surface area (Å²) in [6, 6.07) is -0.284. The minimum Gasteiger partial charge on any atom is -0.353 e. The molecule has 0 saturated heterocycles. The van der Waals surface area contributed by atoms with Gasteiger partial charge < -0.3 is 16.4 Å². The Balaban J connectivity index is 2.19. The number of primary amides is 1. The number of nitrogens with two attached hydrogens (primary N) is 1. The fraction of sp³-hybridized carbons (Fsp3) is 0.818. The number of urea groups is 1. The Labute approximate surface area is 96.1 Å². The molecule has 1 aliphatic carbocycles. The van der Waals surface area contributed by atoms with Gasteiger partial charge in [-0.25, -0.2) is 4.79 Å². The lowest BCUT2D eigenvalue weighted by atomic mass is 9.86. The number of rotatable bonds is 4. The first-order valence-electron chi connectivity index (χ1n) is 5.92. The molecule has 1 saturated carbocycles. The Morgan fingerprint density at radius 2 is 2.00 bits per heavy atom. The fourth-order valence-corrected chi connectivity index (χ4v) is 2.11. The van der Waals surface area contributed by atoms with Gasteiger partial charge in [-0.2, -0.15) is 0 Å². The van der Waals surface area contributed by atoms with E-state index in [4.69, 9.17) is 5.73 Å². The third kappa shape index (κ3) is 4.51. The van der Waals surface area contributed by atoms with Crippen LogP contribution in [0.4, 0.5) is 4.79 Å². The van der Waals surface area contributed by atoms with Crippen molar-refractivity contribution in [1.82, 2.24) is 10.6 Å². The normalized spacial score (nSPS) is 24.8. The zero-order chi connectivity index (χ0) is 12.0. The number of nitrogens with one attached hydrogen (secondary N) is 2. The van der Waals surface area contributed by atoms with E-state index in [0.717, 1.165) is 6.42 Å². The molecule has 2 atom stereocenters. The van der Waals surface area contributed by atoms with E-state index in [2.05, 4.69) is 17.6 Å². The molecule has 0 bridgehead atoms. The van der Waals surface area contributed by atoms with Crippen molar-refractivity contribution in [2.45, 2.75) is 45.1 Å². The molecule has 0 aromatic rings. The van der Waals surface area contributed by atoms with Gasteiger partial charge in [-0.1, -0.05) is 19.8 Å². The quantitative estimate of drug-likeness (QED) is 0.661. The van der Waals surface area contributed by atoms with Crippen molar-refractivity contribution < 1.29 is 9.59 Å². The standard InChI is InChI=1S/C11H21N3O2/c1-8-4-2-3-5-9(8)14-10(15)6-7-13-11(12)16/h8-9H,2-7H2,1H3,(H,14,15)(H3,12,13,16). The molecule has 5 heteroatoms. The number of amides is 3. The van der Waals surface area contributed by atoms with Crippen molar-refractivity contribution in [2.24, 2.45) is 11.7 Å². The number of hydrogen-bond donors (Lipinski definition) is 3. The van der Waals surface area contributed by atoms with Crippen molar-refractivity contribution in [2.75, 3.05) is 6.54 Å². The lowest BCUT2D eigenvalue weighted by Gasteiger charge is -2.29. The van der Waals surface area contributed by atoms with Gasteiger partial charge in [0.2, 0.25) is 5.91 Å². The third-order valence-electron chi connectivity index (χ3n) is 3.11. The summed E-state index contributed by atoms with van der Waals surface area (Å²) in [5.74, 6) is 0.550. The van der Waals surface area contributed by atoms with E-state index < -0.39 is 6.03 Å². The molecule has 1 aliphatic rings. The van der Waals surface area contributed by atoms with Crippen molar-refractivity contribution in [3.8, 4) is 0 Å². The maximum absolute atomic E-state index is 11.5. The van der Waals surface area contributed by atoms with Gasteiger partial charge in [-0.3, -0.25) is 4.79 Å². The van der Waals surface area contributed by atoms with Crippen LogP contribution in [0.5, 0.6) is 0 Å². The maximum Gasteiger partial charge on any atom is 0.312 e. The largest absolute Gasteiger partial charge is 0.353 e. The second-order valence-corrected chi connectivity index (χ2v) is 4.48. The molecule has 3 amide bonds. The van der Waals surface area contributed by atoms with Crippen molar-refractivity contribution in [3.05, 3.63) is 0 Å². The van der Waals surface area contributed by atoms with E-state index in [1.54, 1.807) is 0 Å². The van der Waals surface area contributed by atoms with Crippen LogP contribution in [0.15, 0.2) is 0 Å². The zero-order valence-electron chi connectivity index (χ0n) is 9.79. The lowest BCUT2D eigenvalue weighted by molar-refractivity contribution is -0.122. The van der Waals surface area contributed by atoms with Gasteiger partial charge in [-0.15, -0.1) is 0 Å². The van der Waals surface area contributed by atoms with Crippen LogP contribution in [-0.2, 0) is 4.79 Å². The van der Waals surface area contributed by atoms with Crippen LogP contribution in [0.1, 0.15) is 39.0 Å². The molecule has 16 heavy (non-hydrogen) atoms. The van der Waals surface area contributed by atoms with Gasteiger partial charge in [-0.05, 0) is 18.8 Å². The summed E-state index contributed by atoms with van der Waals surface area (Å²) in [5, 5.41) is 5.41. The second kappa shape index (κ2) is 6.35. The Morgan fingerprint density at radius 1 is 1.31 bits per heavy atom. The van der Waals surface area contributed by atoms with Crippen LogP contribution >= 0.6 is 0 Å². The fourth-order valence-electron chi connectivity index (χ4n) is 2.11. The third-order valence-corrected chi connectivity index (χ3v) is 3.11. The number of carbonyl (C=O) groups is 2. The highest BCUT2D eigenvalue weighted by molar-refractivity contribution is 5.77. The van der Waals surface area contributed by atoms with E-state index in [1.807, 2.05) is 0 Å². The maximum atomic E-state index is 11.5. The molecule has 1 rings (SSSR count). The highest BCUT2D eigenvalue weighted by atomic mass is 16.2. The molecule has 0 radical (unpaired) electrons. The molecule has 0 aliphatic heterocycles. The number of hydrogen-bond acceptors (Lipinski definition) is 2. The molecular formula is C11H21N3O2. The molecule has 92 valence electrons. The Morgan fingerprint density at radius 3 is 2.62 bits per heavy atom. The van der Waals surface area contributed by atoms with Crippen molar-refractivity contribution in [3.63, 3.8) is 0 Å². The van der Waals surface area contributed by atoms with Crippen LogP contribution in [0, 0.1) is 5.92 Å². The van der Waals surface area contributed by atoms with E-state index in [9.17, 15) is 9.59 Å². The Kier molecular flexibility index (Phi) is 5.08. The summed E-state index contributed by atoms with van der Waals surface area (Å²) in [7, 11) is 0. The molecule has 1 fully saturated rings. The van der Waals surface area contributed by atoms with Crippen molar-refractivity contribution in [1.29, 1.82) is 0 Å². The topological polar surface area (TPSA) is 84.2 Å². The first-order chi connectivity index (χ1) is 7.59.